The molecule has 1 aromatic carbocycles. The van der Waals surface area contributed by atoms with Gasteiger partial charge in [0, 0.05) is 31.9 Å². The van der Waals surface area contributed by atoms with Gasteiger partial charge in [-0.25, -0.2) is 4.98 Å². The van der Waals surface area contributed by atoms with E-state index in [1.165, 1.54) is 0 Å². The number of carbonyl (C=O) groups is 1. The maximum atomic E-state index is 12.1. The summed E-state index contributed by atoms with van der Waals surface area (Å²) >= 11 is 0. The lowest BCUT2D eigenvalue weighted by atomic mass is 10.1. The number of methoxy groups -OCH3 is 1. The van der Waals surface area contributed by atoms with Crippen LogP contribution >= 0.6 is 0 Å². The summed E-state index contributed by atoms with van der Waals surface area (Å²) in [6.45, 7) is 1.44. The number of ether oxygens (including phenoxy) is 1. The predicted molar refractivity (Wildman–Crippen MR) is 78.8 cm³/mol. The highest BCUT2D eigenvalue weighted by atomic mass is 16.5. The number of hydrogen-bond donors (Lipinski definition) is 0. The molecule has 1 saturated heterocycles. The van der Waals surface area contributed by atoms with Crippen LogP contribution in [0.3, 0.4) is 0 Å². The molecule has 0 saturated carbocycles. The van der Waals surface area contributed by atoms with Crippen molar-refractivity contribution in [1.29, 1.82) is 0 Å². The highest BCUT2D eigenvalue weighted by Gasteiger charge is 2.30. The van der Waals surface area contributed by atoms with E-state index in [4.69, 9.17) is 4.74 Å². The van der Waals surface area contributed by atoms with Crippen molar-refractivity contribution >= 4 is 5.91 Å². The monoisotopic (exact) mass is 285 g/mol. The second kappa shape index (κ2) is 5.99. The normalized spacial score (nSPS) is 18.2. The number of benzene rings is 1. The SMILES string of the molecule is COc1cccc(CN2C(=O)CC[C@H]2Cn2ccnc2)c1. The first-order valence-corrected chi connectivity index (χ1v) is 7.14. The van der Waals surface area contributed by atoms with Crippen LogP contribution in [-0.4, -0.2) is 33.5 Å². The minimum Gasteiger partial charge on any atom is -0.497 e. The summed E-state index contributed by atoms with van der Waals surface area (Å²) in [7, 11) is 1.65. The molecule has 3 rings (SSSR count). The van der Waals surface area contributed by atoms with Gasteiger partial charge in [-0.2, -0.15) is 0 Å². The topological polar surface area (TPSA) is 47.4 Å². The Hall–Kier alpha value is -2.30. The van der Waals surface area contributed by atoms with Crippen molar-refractivity contribution in [1.82, 2.24) is 14.5 Å². The Morgan fingerprint density at radius 3 is 3.10 bits per heavy atom. The van der Waals surface area contributed by atoms with E-state index < -0.39 is 0 Å². The van der Waals surface area contributed by atoms with Crippen molar-refractivity contribution < 1.29 is 9.53 Å². The molecule has 1 aliphatic heterocycles. The van der Waals surface area contributed by atoms with Gasteiger partial charge in [-0.05, 0) is 24.1 Å². The summed E-state index contributed by atoms with van der Waals surface area (Å²) in [4.78, 5) is 18.2. The average molecular weight is 285 g/mol. The smallest absolute Gasteiger partial charge is 0.223 e. The number of carbonyl (C=O) groups excluding carboxylic acids is 1. The fourth-order valence-electron chi connectivity index (χ4n) is 2.81. The molecule has 5 nitrogen and oxygen atoms in total. The van der Waals surface area contributed by atoms with E-state index in [0.717, 1.165) is 24.3 Å². The van der Waals surface area contributed by atoms with E-state index >= 15 is 0 Å². The van der Waals surface area contributed by atoms with Gasteiger partial charge in [0.25, 0.3) is 0 Å². The highest BCUT2D eigenvalue weighted by Crippen LogP contribution is 2.24. The number of amides is 1. The lowest BCUT2D eigenvalue weighted by Gasteiger charge is -2.25. The van der Waals surface area contributed by atoms with Crippen molar-refractivity contribution in [3.05, 3.63) is 48.5 Å². The standard InChI is InChI=1S/C16H19N3O2/c1-21-15-4-2-3-13(9-15)10-19-14(5-6-16(19)20)11-18-8-7-17-12-18/h2-4,7-9,12,14H,5-6,10-11H2,1H3/t14-/m0/s1. The van der Waals surface area contributed by atoms with Crippen LogP contribution in [0.15, 0.2) is 43.0 Å². The summed E-state index contributed by atoms with van der Waals surface area (Å²) in [5, 5.41) is 0. The summed E-state index contributed by atoms with van der Waals surface area (Å²) in [6, 6.07) is 8.12. The Kier molecular flexibility index (Phi) is 3.90. The van der Waals surface area contributed by atoms with E-state index in [1.807, 2.05) is 39.9 Å². The molecule has 0 aliphatic carbocycles. The minimum absolute atomic E-state index is 0.225. The third-order valence-electron chi connectivity index (χ3n) is 3.92. The van der Waals surface area contributed by atoms with Crippen molar-refractivity contribution in [3.8, 4) is 5.75 Å². The van der Waals surface area contributed by atoms with Crippen LogP contribution in [-0.2, 0) is 17.9 Å². The Labute approximate surface area is 124 Å². The molecule has 1 fully saturated rings. The molecule has 0 N–H and O–H groups in total. The summed E-state index contributed by atoms with van der Waals surface area (Å²) in [5.41, 5.74) is 1.10. The van der Waals surface area contributed by atoms with Gasteiger partial charge in [-0.3, -0.25) is 4.79 Å². The summed E-state index contributed by atoms with van der Waals surface area (Å²) in [5.74, 6) is 1.05. The number of likely N-dealkylation sites (tertiary alicyclic amines) is 1. The maximum Gasteiger partial charge on any atom is 0.223 e. The van der Waals surface area contributed by atoms with E-state index in [-0.39, 0.29) is 11.9 Å². The number of nitrogens with zero attached hydrogens (tertiary/aromatic N) is 3. The maximum absolute atomic E-state index is 12.1. The van der Waals surface area contributed by atoms with Gasteiger partial charge >= 0.3 is 0 Å². The van der Waals surface area contributed by atoms with Crippen LogP contribution in [0.5, 0.6) is 5.75 Å². The zero-order valence-corrected chi connectivity index (χ0v) is 12.1. The second-order valence-corrected chi connectivity index (χ2v) is 5.33. The summed E-state index contributed by atoms with van der Waals surface area (Å²) < 4.78 is 7.27. The van der Waals surface area contributed by atoms with E-state index in [9.17, 15) is 4.79 Å². The molecule has 5 heteroatoms. The first-order chi connectivity index (χ1) is 10.3. The molecule has 110 valence electrons. The first-order valence-electron chi connectivity index (χ1n) is 7.14. The van der Waals surface area contributed by atoms with Crippen LogP contribution in [0, 0.1) is 0 Å². The summed E-state index contributed by atoms with van der Waals surface area (Å²) in [6.07, 6.45) is 7.03. The molecule has 21 heavy (non-hydrogen) atoms. The quantitative estimate of drug-likeness (QED) is 0.845. The van der Waals surface area contributed by atoms with Crippen LogP contribution in [0.25, 0.3) is 0 Å². The fourth-order valence-corrected chi connectivity index (χ4v) is 2.81. The molecular formula is C16H19N3O2. The third-order valence-corrected chi connectivity index (χ3v) is 3.92. The van der Waals surface area contributed by atoms with Gasteiger partial charge < -0.3 is 14.2 Å². The van der Waals surface area contributed by atoms with Crippen LogP contribution in [0.1, 0.15) is 18.4 Å². The third kappa shape index (κ3) is 3.07. The lowest BCUT2D eigenvalue weighted by molar-refractivity contribution is -0.129. The van der Waals surface area contributed by atoms with Crippen molar-refractivity contribution in [2.75, 3.05) is 7.11 Å². The zero-order valence-electron chi connectivity index (χ0n) is 12.1. The van der Waals surface area contributed by atoms with E-state index in [2.05, 4.69) is 4.98 Å². The molecular weight excluding hydrogens is 266 g/mol. The molecule has 1 amide bonds. The molecule has 1 atom stereocenters. The number of imidazole rings is 1. The van der Waals surface area contributed by atoms with Gasteiger partial charge in [0.2, 0.25) is 5.91 Å². The predicted octanol–water partition coefficient (Wildman–Crippen LogP) is 2.08. The van der Waals surface area contributed by atoms with Crippen molar-refractivity contribution in [3.63, 3.8) is 0 Å². The van der Waals surface area contributed by atoms with Crippen molar-refractivity contribution in [2.45, 2.75) is 32.0 Å². The zero-order chi connectivity index (χ0) is 14.7. The molecule has 0 unspecified atom stereocenters. The first kappa shape index (κ1) is 13.7. The fraction of sp³-hybridized carbons (Fsp3) is 0.375. The van der Waals surface area contributed by atoms with Gasteiger partial charge in [-0.1, -0.05) is 12.1 Å². The van der Waals surface area contributed by atoms with Gasteiger partial charge in [0.05, 0.1) is 19.5 Å². The van der Waals surface area contributed by atoms with Crippen molar-refractivity contribution in [2.24, 2.45) is 0 Å². The molecule has 1 aliphatic rings. The molecule has 1 aromatic heterocycles. The Bertz CT molecular complexity index is 610. The Morgan fingerprint density at radius 2 is 2.33 bits per heavy atom. The van der Waals surface area contributed by atoms with Crippen LogP contribution in [0.4, 0.5) is 0 Å². The lowest BCUT2D eigenvalue weighted by Crippen LogP contribution is -2.35. The van der Waals surface area contributed by atoms with Gasteiger partial charge in [-0.15, -0.1) is 0 Å². The number of rotatable bonds is 5. The highest BCUT2D eigenvalue weighted by molar-refractivity contribution is 5.78. The van der Waals surface area contributed by atoms with Crippen LogP contribution < -0.4 is 4.74 Å². The molecule has 0 bridgehead atoms. The average Bonchev–Trinajstić information content (AvgIpc) is 3.13. The molecule has 2 heterocycles. The Balaban J connectivity index is 1.73. The molecule has 2 aromatic rings. The second-order valence-electron chi connectivity index (χ2n) is 5.33. The number of hydrogen-bond acceptors (Lipinski definition) is 3. The van der Waals surface area contributed by atoms with Crippen LogP contribution in [0.2, 0.25) is 0 Å². The largest absolute Gasteiger partial charge is 0.497 e. The number of aromatic nitrogens is 2. The molecule has 0 radical (unpaired) electrons. The minimum atomic E-state index is 0.225. The van der Waals surface area contributed by atoms with E-state index in [0.29, 0.717) is 13.0 Å². The van der Waals surface area contributed by atoms with Gasteiger partial charge in [0.1, 0.15) is 5.75 Å². The van der Waals surface area contributed by atoms with Gasteiger partial charge in [0.15, 0.2) is 0 Å². The molecule has 0 spiro atoms. The van der Waals surface area contributed by atoms with E-state index in [1.54, 1.807) is 19.6 Å². The Morgan fingerprint density at radius 1 is 1.43 bits per heavy atom.